The maximum atomic E-state index is 11.5. The van der Waals surface area contributed by atoms with Gasteiger partial charge in [-0.2, -0.15) is 0 Å². The molecule has 9 nitrogen and oxygen atoms in total. The zero-order valence-electron chi connectivity index (χ0n) is 13.9. The number of aliphatic hydroxyl groups excluding tert-OH is 3. The van der Waals surface area contributed by atoms with Crippen molar-refractivity contribution >= 4 is 18.0 Å². The van der Waals surface area contributed by atoms with Crippen molar-refractivity contribution in [3.05, 3.63) is 23.0 Å². The summed E-state index contributed by atoms with van der Waals surface area (Å²) in [4.78, 5) is 34.2. The fraction of sp³-hybridized carbons (Fsp3) is 0.533. The minimum atomic E-state index is -1.95. The van der Waals surface area contributed by atoms with Crippen molar-refractivity contribution in [3.63, 3.8) is 0 Å². The highest BCUT2D eigenvalue weighted by molar-refractivity contribution is 5.89. The van der Waals surface area contributed by atoms with Gasteiger partial charge in [-0.05, 0) is 32.8 Å². The molecule has 0 radical (unpaired) electrons. The first-order valence-corrected chi connectivity index (χ1v) is 7.19. The number of esters is 2. The van der Waals surface area contributed by atoms with Gasteiger partial charge in [0.2, 0.25) is 6.10 Å². The molecule has 0 aliphatic heterocycles. The molecular formula is C15H23NO8. The number of alkyl carbamates (subject to hydrolysis) is 1. The zero-order chi connectivity index (χ0) is 18.7. The maximum Gasteiger partial charge on any atom is 0.415 e. The Kier molecular flexibility index (Phi) is 10.1. The average Bonchev–Trinajstić information content (AvgIpc) is 2.54. The van der Waals surface area contributed by atoms with Crippen LogP contribution in [-0.4, -0.2) is 59.2 Å². The van der Waals surface area contributed by atoms with Crippen LogP contribution in [0.3, 0.4) is 0 Å². The smallest absolute Gasteiger partial charge is 0.415 e. The third kappa shape index (κ3) is 8.30. The Morgan fingerprint density at radius 2 is 1.83 bits per heavy atom. The second-order valence-corrected chi connectivity index (χ2v) is 4.96. The molecule has 0 aromatic carbocycles. The van der Waals surface area contributed by atoms with Gasteiger partial charge in [0.25, 0.3) is 0 Å². The van der Waals surface area contributed by atoms with Gasteiger partial charge in [0.15, 0.2) is 0 Å². The molecule has 0 saturated heterocycles. The van der Waals surface area contributed by atoms with Gasteiger partial charge in [0, 0.05) is 12.2 Å². The molecule has 136 valence electrons. The van der Waals surface area contributed by atoms with E-state index in [1.165, 1.54) is 26.8 Å². The molecular weight excluding hydrogens is 322 g/mol. The number of amides is 1. The van der Waals surface area contributed by atoms with E-state index in [4.69, 9.17) is 9.84 Å². The van der Waals surface area contributed by atoms with Crippen LogP contribution in [0.15, 0.2) is 23.0 Å². The molecule has 0 saturated carbocycles. The largest absolute Gasteiger partial charge is 0.509 e. The molecule has 1 unspecified atom stereocenters. The van der Waals surface area contributed by atoms with Crippen LogP contribution in [0, 0.1) is 0 Å². The summed E-state index contributed by atoms with van der Waals surface area (Å²) in [5, 5.41) is 29.6. The molecule has 0 spiro atoms. The number of nitrogens with one attached hydrogen (secondary N) is 1. The number of carbonyl (C=O) groups is 3. The predicted octanol–water partition coefficient (Wildman–Crippen LogP) is 0.324. The molecule has 0 heterocycles. The van der Waals surface area contributed by atoms with Gasteiger partial charge in [-0.15, -0.1) is 0 Å². The van der Waals surface area contributed by atoms with Crippen LogP contribution in [0.4, 0.5) is 4.79 Å². The number of ether oxygens (including phenoxy) is 2. The van der Waals surface area contributed by atoms with Gasteiger partial charge in [-0.25, -0.2) is 14.4 Å². The minimum absolute atomic E-state index is 0.0831. The van der Waals surface area contributed by atoms with Gasteiger partial charge in [-0.3, -0.25) is 0 Å². The van der Waals surface area contributed by atoms with Crippen molar-refractivity contribution in [3.8, 4) is 0 Å². The molecule has 0 aromatic rings. The fourth-order valence-corrected chi connectivity index (χ4v) is 1.34. The van der Waals surface area contributed by atoms with E-state index in [2.05, 4.69) is 10.1 Å². The molecule has 0 rings (SSSR count). The monoisotopic (exact) mass is 345 g/mol. The number of hydrogen-bond acceptors (Lipinski definition) is 8. The van der Waals surface area contributed by atoms with E-state index in [9.17, 15) is 24.6 Å². The molecule has 1 atom stereocenters. The van der Waals surface area contributed by atoms with Crippen molar-refractivity contribution in [1.29, 1.82) is 0 Å². The Morgan fingerprint density at radius 3 is 2.38 bits per heavy atom. The highest BCUT2D eigenvalue weighted by Gasteiger charge is 2.24. The number of allylic oxidation sites excluding steroid dienone is 1. The van der Waals surface area contributed by atoms with E-state index in [-0.39, 0.29) is 19.8 Å². The molecule has 0 aliphatic rings. The summed E-state index contributed by atoms with van der Waals surface area (Å²) in [7, 11) is 0. The second kappa shape index (κ2) is 11.2. The quantitative estimate of drug-likeness (QED) is 0.162. The van der Waals surface area contributed by atoms with E-state index < -0.39 is 29.9 Å². The van der Waals surface area contributed by atoms with Crippen LogP contribution in [0.2, 0.25) is 0 Å². The van der Waals surface area contributed by atoms with Crippen LogP contribution in [0.5, 0.6) is 0 Å². The van der Waals surface area contributed by atoms with Crippen molar-refractivity contribution in [2.75, 3.05) is 19.8 Å². The van der Waals surface area contributed by atoms with Crippen molar-refractivity contribution in [2.24, 2.45) is 0 Å². The van der Waals surface area contributed by atoms with E-state index in [0.29, 0.717) is 17.6 Å². The number of hydrogen-bond donors (Lipinski definition) is 4. The van der Waals surface area contributed by atoms with Crippen molar-refractivity contribution in [1.82, 2.24) is 5.32 Å². The Bertz CT molecular complexity index is 520. The van der Waals surface area contributed by atoms with Crippen LogP contribution in [-0.2, 0) is 19.1 Å². The van der Waals surface area contributed by atoms with Crippen molar-refractivity contribution in [2.45, 2.75) is 33.3 Å². The number of carbonyl (C=O) groups excluding carboxylic acids is 3. The van der Waals surface area contributed by atoms with Gasteiger partial charge >= 0.3 is 18.0 Å². The van der Waals surface area contributed by atoms with Gasteiger partial charge in [0.1, 0.15) is 12.4 Å². The van der Waals surface area contributed by atoms with E-state index in [1.54, 1.807) is 0 Å². The number of aliphatic hydroxyl groups is 3. The third-order valence-corrected chi connectivity index (χ3v) is 2.69. The molecule has 1 amide bonds. The van der Waals surface area contributed by atoms with Crippen LogP contribution in [0.1, 0.15) is 27.2 Å². The molecule has 0 fully saturated rings. The SMILES string of the molecule is CC(C)=C(O)C(O)C(=O)OC(=O)NCCOC(=O)/C(C)=C/CCO. The second-order valence-electron chi connectivity index (χ2n) is 4.96. The lowest BCUT2D eigenvalue weighted by molar-refractivity contribution is -0.146. The first-order valence-electron chi connectivity index (χ1n) is 7.19. The highest BCUT2D eigenvalue weighted by atomic mass is 16.6. The highest BCUT2D eigenvalue weighted by Crippen LogP contribution is 2.06. The lowest BCUT2D eigenvalue weighted by atomic mass is 10.2. The summed E-state index contributed by atoms with van der Waals surface area (Å²) in [6.07, 6.45) is -1.25. The van der Waals surface area contributed by atoms with E-state index in [1.807, 2.05) is 0 Å². The van der Waals surface area contributed by atoms with E-state index >= 15 is 0 Å². The Labute approximate surface area is 139 Å². The Morgan fingerprint density at radius 1 is 1.21 bits per heavy atom. The molecule has 0 aromatic heterocycles. The van der Waals surface area contributed by atoms with Gasteiger partial charge < -0.3 is 30.1 Å². The van der Waals surface area contributed by atoms with Gasteiger partial charge in [0.05, 0.1) is 6.54 Å². The molecule has 0 aliphatic carbocycles. The summed E-state index contributed by atoms with van der Waals surface area (Å²) in [5.74, 6) is -2.52. The zero-order valence-corrected chi connectivity index (χ0v) is 13.9. The van der Waals surface area contributed by atoms with Crippen LogP contribution >= 0.6 is 0 Å². The minimum Gasteiger partial charge on any atom is -0.509 e. The average molecular weight is 345 g/mol. The van der Waals surface area contributed by atoms with E-state index in [0.717, 1.165) is 0 Å². The predicted molar refractivity (Wildman–Crippen MR) is 82.9 cm³/mol. The topological polar surface area (TPSA) is 142 Å². The molecule has 24 heavy (non-hydrogen) atoms. The summed E-state index contributed by atoms with van der Waals surface area (Å²) >= 11 is 0. The first-order chi connectivity index (χ1) is 11.2. The Balaban J connectivity index is 4.14. The van der Waals surface area contributed by atoms with Crippen LogP contribution < -0.4 is 5.32 Å². The first kappa shape index (κ1) is 21.6. The summed E-state index contributed by atoms with van der Waals surface area (Å²) < 4.78 is 9.11. The number of rotatable bonds is 8. The van der Waals surface area contributed by atoms with Crippen LogP contribution in [0.25, 0.3) is 0 Å². The maximum absolute atomic E-state index is 11.5. The molecule has 4 N–H and O–H groups in total. The molecule has 0 bridgehead atoms. The Hall–Kier alpha value is -2.39. The summed E-state index contributed by atoms with van der Waals surface area (Å²) in [6, 6.07) is 0. The summed E-state index contributed by atoms with van der Waals surface area (Å²) in [5.41, 5.74) is 0.624. The molecule has 9 heteroatoms. The lowest BCUT2D eigenvalue weighted by Gasteiger charge is -2.11. The normalized spacial score (nSPS) is 12.1. The summed E-state index contributed by atoms with van der Waals surface area (Å²) in [6.45, 7) is 4.11. The standard InChI is InChI=1S/C15H23NO8/c1-9(2)11(18)12(19)14(21)24-15(22)16-6-8-23-13(20)10(3)5-4-7-17/h5,12,17-19H,4,6-8H2,1-3H3,(H,16,22)/b10-5+. The lowest BCUT2D eigenvalue weighted by Crippen LogP contribution is -2.35. The van der Waals surface area contributed by atoms with Gasteiger partial charge in [-0.1, -0.05) is 6.08 Å². The fourth-order valence-electron chi connectivity index (χ4n) is 1.34. The van der Waals surface area contributed by atoms with Crippen molar-refractivity contribution < 1.29 is 39.2 Å². The third-order valence-electron chi connectivity index (χ3n) is 2.69.